The lowest BCUT2D eigenvalue weighted by Gasteiger charge is -2.14. The maximum Gasteiger partial charge on any atom is 0.255 e. The Labute approximate surface area is 189 Å². The molecule has 32 heavy (non-hydrogen) atoms. The van der Waals surface area contributed by atoms with Crippen LogP contribution < -0.4 is 14.8 Å². The maximum absolute atomic E-state index is 12.8. The van der Waals surface area contributed by atoms with Gasteiger partial charge >= 0.3 is 0 Å². The summed E-state index contributed by atoms with van der Waals surface area (Å²) in [7, 11) is -1.89. The van der Waals surface area contributed by atoms with E-state index in [2.05, 4.69) is 12.2 Å². The van der Waals surface area contributed by atoms with Crippen LogP contribution in [0.15, 0.2) is 77.7 Å². The van der Waals surface area contributed by atoms with Gasteiger partial charge in [0.05, 0.1) is 30.1 Å². The average molecular weight is 454 g/mol. The summed E-state index contributed by atoms with van der Waals surface area (Å²) in [4.78, 5) is 13.1. The van der Waals surface area contributed by atoms with Crippen molar-refractivity contribution >= 4 is 21.4 Å². The molecule has 0 unspecified atom stereocenters. The topological polar surface area (TPSA) is 81.7 Å². The third-order valence-corrected chi connectivity index (χ3v) is 6.57. The van der Waals surface area contributed by atoms with Gasteiger partial charge in [0.1, 0.15) is 11.5 Å². The van der Waals surface area contributed by atoms with Gasteiger partial charge in [-0.2, -0.15) is 0 Å². The molecular formula is C25H27NO5S. The van der Waals surface area contributed by atoms with Crippen LogP contribution in [0.1, 0.15) is 35.7 Å². The fraction of sp³-hybridized carbons (Fsp3) is 0.240. The molecule has 6 nitrogen and oxygen atoms in total. The molecule has 0 aliphatic heterocycles. The Balaban J connectivity index is 1.72. The minimum absolute atomic E-state index is 0.135. The van der Waals surface area contributed by atoms with E-state index in [9.17, 15) is 13.2 Å². The highest BCUT2D eigenvalue weighted by molar-refractivity contribution is 7.90. The first kappa shape index (κ1) is 23.3. The molecule has 0 aromatic heterocycles. The average Bonchev–Trinajstić information content (AvgIpc) is 2.81. The molecule has 3 rings (SSSR count). The molecule has 0 radical (unpaired) electrons. The molecule has 168 valence electrons. The SMILES string of the molecule is CCCCOc1ccc(OC)cc1NC(=O)c1ccc(CS(=O)(=O)c2ccccc2)cc1. The second kappa shape index (κ2) is 10.8. The van der Waals surface area contributed by atoms with Gasteiger partial charge in [0.2, 0.25) is 0 Å². The number of amides is 1. The number of benzene rings is 3. The molecule has 0 bridgehead atoms. The molecule has 0 saturated heterocycles. The number of rotatable bonds is 10. The number of unbranched alkanes of at least 4 members (excludes halogenated alkanes) is 1. The smallest absolute Gasteiger partial charge is 0.255 e. The van der Waals surface area contributed by atoms with Crippen LogP contribution in [0.25, 0.3) is 0 Å². The number of anilines is 1. The molecule has 0 spiro atoms. The van der Waals surface area contributed by atoms with Crippen molar-refractivity contribution in [2.75, 3.05) is 19.0 Å². The first-order valence-corrected chi connectivity index (χ1v) is 12.1. The van der Waals surface area contributed by atoms with Gasteiger partial charge in [-0.25, -0.2) is 8.42 Å². The van der Waals surface area contributed by atoms with E-state index in [4.69, 9.17) is 9.47 Å². The van der Waals surface area contributed by atoms with Crippen molar-refractivity contribution in [2.24, 2.45) is 0 Å². The minimum Gasteiger partial charge on any atom is -0.497 e. The van der Waals surface area contributed by atoms with Crippen molar-refractivity contribution in [3.8, 4) is 11.5 Å². The van der Waals surface area contributed by atoms with Crippen molar-refractivity contribution in [1.29, 1.82) is 0 Å². The highest BCUT2D eigenvalue weighted by Crippen LogP contribution is 2.30. The second-order valence-electron chi connectivity index (χ2n) is 7.29. The predicted octanol–water partition coefficient (Wildman–Crippen LogP) is 5.10. The summed E-state index contributed by atoms with van der Waals surface area (Å²) in [5, 5.41) is 2.86. The van der Waals surface area contributed by atoms with Gasteiger partial charge in [-0.1, -0.05) is 43.7 Å². The maximum atomic E-state index is 12.8. The van der Waals surface area contributed by atoms with Gasteiger partial charge < -0.3 is 14.8 Å². The molecule has 0 saturated carbocycles. The predicted molar refractivity (Wildman–Crippen MR) is 125 cm³/mol. The summed E-state index contributed by atoms with van der Waals surface area (Å²) < 4.78 is 36.2. The third kappa shape index (κ3) is 6.11. The van der Waals surface area contributed by atoms with Crippen LogP contribution in [-0.2, 0) is 15.6 Å². The molecule has 3 aromatic carbocycles. The summed E-state index contributed by atoms with van der Waals surface area (Å²) in [6.45, 7) is 2.63. The van der Waals surface area contributed by atoms with E-state index in [1.807, 2.05) is 0 Å². The zero-order chi connectivity index (χ0) is 23.0. The Morgan fingerprint density at radius 2 is 1.69 bits per heavy atom. The van der Waals surface area contributed by atoms with Gasteiger partial charge in [0, 0.05) is 11.6 Å². The molecule has 0 aliphatic carbocycles. The fourth-order valence-electron chi connectivity index (χ4n) is 3.06. The van der Waals surface area contributed by atoms with Gasteiger partial charge in [0.25, 0.3) is 5.91 Å². The number of hydrogen-bond acceptors (Lipinski definition) is 5. The summed E-state index contributed by atoms with van der Waals surface area (Å²) in [6.07, 6.45) is 1.91. The normalized spacial score (nSPS) is 11.1. The Morgan fingerprint density at radius 1 is 0.969 bits per heavy atom. The van der Waals surface area contributed by atoms with E-state index in [0.717, 1.165) is 12.8 Å². The van der Waals surface area contributed by atoms with Crippen molar-refractivity contribution in [3.63, 3.8) is 0 Å². The van der Waals surface area contributed by atoms with E-state index in [0.29, 0.717) is 34.9 Å². The van der Waals surface area contributed by atoms with Crippen LogP contribution in [0.2, 0.25) is 0 Å². The van der Waals surface area contributed by atoms with Crippen molar-refractivity contribution in [3.05, 3.63) is 83.9 Å². The zero-order valence-electron chi connectivity index (χ0n) is 18.2. The number of nitrogens with one attached hydrogen (secondary N) is 1. The lowest BCUT2D eigenvalue weighted by Crippen LogP contribution is -2.13. The summed E-state index contributed by atoms with van der Waals surface area (Å²) >= 11 is 0. The van der Waals surface area contributed by atoms with Crippen LogP contribution in [0, 0.1) is 0 Å². The molecule has 1 N–H and O–H groups in total. The molecule has 3 aromatic rings. The van der Waals surface area contributed by atoms with Gasteiger partial charge in [0.15, 0.2) is 9.84 Å². The van der Waals surface area contributed by atoms with E-state index in [-0.39, 0.29) is 16.6 Å². The Bertz CT molecular complexity index is 1140. The van der Waals surface area contributed by atoms with E-state index < -0.39 is 9.84 Å². The van der Waals surface area contributed by atoms with E-state index in [1.165, 1.54) is 0 Å². The largest absolute Gasteiger partial charge is 0.497 e. The highest BCUT2D eigenvalue weighted by Gasteiger charge is 2.16. The summed E-state index contributed by atoms with van der Waals surface area (Å²) in [6, 6.07) is 20.1. The summed E-state index contributed by atoms with van der Waals surface area (Å²) in [5.41, 5.74) is 1.53. The number of methoxy groups -OCH3 is 1. The lowest BCUT2D eigenvalue weighted by atomic mass is 10.1. The first-order chi connectivity index (χ1) is 15.4. The van der Waals surface area contributed by atoms with Crippen molar-refractivity contribution in [2.45, 2.75) is 30.4 Å². The molecule has 1 amide bonds. The van der Waals surface area contributed by atoms with Gasteiger partial charge in [-0.15, -0.1) is 0 Å². The number of ether oxygens (including phenoxy) is 2. The van der Waals surface area contributed by atoms with Crippen molar-refractivity contribution in [1.82, 2.24) is 0 Å². The Hall–Kier alpha value is -3.32. The first-order valence-electron chi connectivity index (χ1n) is 10.4. The van der Waals surface area contributed by atoms with Crippen LogP contribution in [-0.4, -0.2) is 28.0 Å². The number of hydrogen-bond donors (Lipinski definition) is 1. The lowest BCUT2D eigenvalue weighted by molar-refractivity contribution is 0.102. The van der Waals surface area contributed by atoms with E-state index in [1.54, 1.807) is 79.9 Å². The van der Waals surface area contributed by atoms with E-state index >= 15 is 0 Å². The number of carbonyl (C=O) groups excluding carboxylic acids is 1. The van der Waals surface area contributed by atoms with Crippen LogP contribution in [0.3, 0.4) is 0 Å². The standard InChI is InChI=1S/C25H27NO5S/c1-3-4-16-31-24-15-14-21(30-2)17-23(24)26-25(27)20-12-10-19(11-13-20)18-32(28,29)22-8-6-5-7-9-22/h5-15,17H,3-4,16,18H2,1-2H3,(H,26,27). The Kier molecular flexibility index (Phi) is 7.89. The Morgan fingerprint density at radius 3 is 2.34 bits per heavy atom. The molecule has 0 aliphatic rings. The minimum atomic E-state index is -3.45. The molecule has 7 heteroatoms. The number of carbonyl (C=O) groups is 1. The highest BCUT2D eigenvalue weighted by atomic mass is 32.2. The van der Waals surface area contributed by atoms with Crippen molar-refractivity contribution < 1.29 is 22.7 Å². The molecular weight excluding hydrogens is 426 g/mol. The third-order valence-electron chi connectivity index (χ3n) is 4.87. The van der Waals surface area contributed by atoms with Gasteiger partial charge in [-0.05, 0) is 48.4 Å². The van der Waals surface area contributed by atoms with Crippen LogP contribution in [0.5, 0.6) is 11.5 Å². The number of sulfone groups is 1. The summed E-state index contributed by atoms with van der Waals surface area (Å²) in [5.74, 6) is 0.711. The fourth-order valence-corrected chi connectivity index (χ4v) is 4.43. The second-order valence-corrected chi connectivity index (χ2v) is 9.28. The zero-order valence-corrected chi connectivity index (χ0v) is 19.0. The molecule has 0 heterocycles. The quantitative estimate of drug-likeness (QED) is 0.432. The monoisotopic (exact) mass is 453 g/mol. The van der Waals surface area contributed by atoms with Crippen LogP contribution in [0.4, 0.5) is 5.69 Å². The molecule has 0 fully saturated rings. The molecule has 0 atom stereocenters. The van der Waals surface area contributed by atoms with Gasteiger partial charge in [-0.3, -0.25) is 4.79 Å². The van der Waals surface area contributed by atoms with Crippen LogP contribution >= 0.6 is 0 Å².